The Bertz CT molecular complexity index is 877. The summed E-state index contributed by atoms with van der Waals surface area (Å²) in [6, 6.07) is 11.1. The molecule has 1 N–H and O–H groups in total. The summed E-state index contributed by atoms with van der Waals surface area (Å²) in [6.45, 7) is 1.56. The van der Waals surface area contributed by atoms with E-state index in [0.29, 0.717) is 17.1 Å². The highest BCUT2D eigenvalue weighted by molar-refractivity contribution is 5.95. The largest absolute Gasteiger partial charge is 0.497 e. The van der Waals surface area contributed by atoms with Crippen molar-refractivity contribution >= 4 is 17.6 Å². The molecule has 6 nitrogen and oxygen atoms in total. The number of rotatable bonds is 7. The number of hydrogen-bond donors (Lipinski definition) is 1. The van der Waals surface area contributed by atoms with E-state index in [-0.39, 0.29) is 12.3 Å². The van der Waals surface area contributed by atoms with Gasteiger partial charge in [0.25, 0.3) is 5.91 Å². The summed E-state index contributed by atoms with van der Waals surface area (Å²) in [7, 11) is 3.08. The van der Waals surface area contributed by atoms with Crippen molar-refractivity contribution in [2.24, 2.45) is 0 Å². The number of anilines is 1. The molecule has 0 spiro atoms. The standard InChI is InChI=1S/C22H25NO5/c1-14(22(25)23-18-9-7-15-5-4-6-16(15)11-18)28-21(24)12-17-8-10-19(26-2)13-20(17)27-3/h7-11,13-14H,4-6,12H2,1-3H3,(H,23,25)/t14-/m0/s1. The second-order valence-corrected chi connectivity index (χ2v) is 6.81. The van der Waals surface area contributed by atoms with Gasteiger partial charge < -0.3 is 19.5 Å². The normalized spacial score (nSPS) is 13.4. The van der Waals surface area contributed by atoms with Crippen LogP contribution in [0, 0.1) is 0 Å². The summed E-state index contributed by atoms with van der Waals surface area (Å²) in [5.41, 5.74) is 4.00. The van der Waals surface area contributed by atoms with E-state index in [4.69, 9.17) is 14.2 Å². The molecule has 148 valence electrons. The summed E-state index contributed by atoms with van der Waals surface area (Å²) < 4.78 is 15.7. The van der Waals surface area contributed by atoms with Crippen LogP contribution < -0.4 is 14.8 Å². The Morgan fingerprint density at radius 3 is 2.57 bits per heavy atom. The van der Waals surface area contributed by atoms with Crippen molar-refractivity contribution in [2.45, 2.75) is 38.7 Å². The van der Waals surface area contributed by atoms with Crippen molar-refractivity contribution in [1.82, 2.24) is 0 Å². The first kappa shape index (κ1) is 19.7. The molecule has 0 aliphatic heterocycles. The molecular weight excluding hydrogens is 358 g/mol. The number of benzene rings is 2. The SMILES string of the molecule is COc1ccc(CC(=O)O[C@@H](C)C(=O)Nc2ccc3c(c2)CCC3)c(OC)c1. The average molecular weight is 383 g/mol. The summed E-state index contributed by atoms with van der Waals surface area (Å²) in [5.74, 6) is 0.315. The van der Waals surface area contributed by atoms with E-state index >= 15 is 0 Å². The molecule has 0 saturated heterocycles. The fourth-order valence-electron chi connectivity index (χ4n) is 3.34. The molecule has 6 heteroatoms. The Morgan fingerprint density at radius 1 is 1.04 bits per heavy atom. The van der Waals surface area contributed by atoms with Crippen LogP contribution in [0.2, 0.25) is 0 Å². The zero-order chi connectivity index (χ0) is 20.1. The number of hydrogen-bond acceptors (Lipinski definition) is 5. The fourth-order valence-corrected chi connectivity index (χ4v) is 3.34. The molecule has 1 aliphatic rings. The molecule has 0 radical (unpaired) electrons. The molecule has 0 heterocycles. The third-order valence-electron chi connectivity index (χ3n) is 4.87. The van der Waals surface area contributed by atoms with Gasteiger partial charge in [0.2, 0.25) is 0 Å². The lowest BCUT2D eigenvalue weighted by Crippen LogP contribution is -2.30. The molecule has 0 fully saturated rings. The van der Waals surface area contributed by atoms with Crippen molar-refractivity contribution in [3.8, 4) is 11.5 Å². The summed E-state index contributed by atoms with van der Waals surface area (Å²) in [5, 5.41) is 2.82. The molecule has 2 aromatic rings. The van der Waals surface area contributed by atoms with Gasteiger partial charge in [-0.25, -0.2) is 0 Å². The summed E-state index contributed by atoms with van der Waals surface area (Å²) >= 11 is 0. The van der Waals surface area contributed by atoms with Crippen LogP contribution in [0.25, 0.3) is 0 Å². The van der Waals surface area contributed by atoms with Gasteiger partial charge in [-0.2, -0.15) is 0 Å². The molecule has 2 aromatic carbocycles. The minimum atomic E-state index is -0.898. The van der Waals surface area contributed by atoms with E-state index in [1.54, 1.807) is 32.2 Å². The van der Waals surface area contributed by atoms with Gasteiger partial charge >= 0.3 is 5.97 Å². The number of fused-ring (bicyclic) bond motifs is 1. The van der Waals surface area contributed by atoms with Gasteiger partial charge in [0.05, 0.1) is 20.6 Å². The maximum Gasteiger partial charge on any atom is 0.311 e. The minimum Gasteiger partial charge on any atom is -0.497 e. The number of methoxy groups -OCH3 is 2. The fraction of sp³-hybridized carbons (Fsp3) is 0.364. The van der Waals surface area contributed by atoms with Gasteiger partial charge in [-0.3, -0.25) is 9.59 Å². The van der Waals surface area contributed by atoms with E-state index in [1.807, 2.05) is 18.2 Å². The van der Waals surface area contributed by atoms with Crippen LogP contribution in [0.3, 0.4) is 0 Å². The van der Waals surface area contributed by atoms with Gasteiger partial charge in [-0.15, -0.1) is 0 Å². The van der Waals surface area contributed by atoms with E-state index in [0.717, 1.165) is 24.9 Å². The third-order valence-corrected chi connectivity index (χ3v) is 4.87. The molecule has 1 amide bonds. The van der Waals surface area contributed by atoms with Crippen LogP contribution in [0.5, 0.6) is 11.5 Å². The van der Waals surface area contributed by atoms with Crippen molar-refractivity contribution < 1.29 is 23.8 Å². The quantitative estimate of drug-likeness (QED) is 0.743. The highest BCUT2D eigenvalue weighted by atomic mass is 16.5. The first-order chi connectivity index (χ1) is 13.5. The van der Waals surface area contributed by atoms with Gasteiger partial charge in [-0.1, -0.05) is 12.1 Å². The summed E-state index contributed by atoms with van der Waals surface area (Å²) in [6.07, 6.45) is 2.38. The number of carbonyl (C=O) groups excluding carboxylic acids is 2. The molecule has 0 saturated carbocycles. The highest BCUT2D eigenvalue weighted by Gasteiger charge is 2.20. The topological polar surface area (TPSA) is 73.9 Å². The molecule has 1 aliphatic carbocycles. The first-order valence-corrected chi connectivity index (χ1v) is 9.33. The Morgan fingerprint density at radius 2 is 1.82 bits per heavy atom. The van der Waals surface area contributed by atoms with Crippen LogP contribution in [0.15, 0.2) is 36.4 Å². The lowest BCUT2D eigenvalue weighted by molar-refractivity contribution is -0.152. The van der Waals surface area contributed by atoms with Gasteiger partial charge in [-0.05, 0) is 55.5 Å². The van der Waals surface area contributed by atoms with Gasteiger partial charge in [0.1, 0.15) is 11.5 Å². The van der Waals surface area contributed by atoms with Crippen molar-refractivity contribution in [1.29, 1.82) is 0 Å². The Labute approximate surface area is 164 Å². The van der Waals surface area contributed by atoms with E-state index in [1.165, 1.54) is 18.2 Å². The number of amides is 1. The van der Waals surface area contributed by atoms with Crippen molar-refractivity contribution in [3.63, 3.8) is 0 Å². The molecule has 0 bridgehead atoms. The maximum atomic E-state index is 12.4. The Kier molecular flexibility index (Phi) is 6.19. The highest BCUT2D eigenvalue weighted by Crippen LogP contribution is 2.26. The molecule has 3 rings (SSSR count). The van der Waals surface area contributed by atoms with Crippen LogP contribution in [-0.2, 0) is 33.6 Å². The van der Waals surface area contributed by atoms with Crippen LogP contribution in [0.1, 0.15) is 30.0 Å². The number of carbonyl (C=O) groups is 2. The number of aryl methyl sites for hydroxylation is 2. The van der Waals surface area contributed by atoms with E-state index in [2.05, 4.69) is 5.32 Å². The monoisotopic (exact) mass is 383 g/mol. The predicted octanol–water partition coefficient (Wildman–Crippen LogP) is 3.31. The molecule has 0 unspecified atom stereocenters. The zero-order valence-corrected chi connectivity index (χ0v) is 16.4. The second kappa shape index (κ2) is 8.78. The minimum absolute atomic E-state index is 0.00360. The molecule has 28 heavy (non-hydrogen) atoms. The lowest BCUT2D eigenvalue weighted by Gasteiger charge is -2.15. The van der Waals surface area contributed by atoms with Crippen LogP contribution in [0.4, 0.5) is 5.69 Å². The predicted molar refractivity (Wildman–Crippen MR) is 106 cm³/mol. The smallest absolute Gasteiger partial charge is 0.311 e. The van der Waals surface area contributed by atoms with Crippen molar-refractivity contribution in [3.05, 3.63) is 53.1 Å². The van der Waals surface area contributed by atoms with Gasteiger partial charge in [0, 0.05) is 17.3 Å². The third kappa shape index (κ3) is 4.63. The van der Waals surface area contributed by atoms with Gasteiger partial charge in [0.15, 0.2) is 6.10 Å². The zero-order valence-electron chi connectivity index (χ0n) is 16.4. The summed E-state index contributed by atoms with van der Waals surface area (Å²) in [4.78, 5) is 24.6. The molecular formula is C22H25NO5. The molecule has 1 atom stereocenters. The first-order valence-electron chi connectivity index (χ1n) is 9.33. The Balaban J connectivity index is 1.57. The molecule has 0 aromatic heterocycles. The number of ether oxygens (including phenoxy) is 3. The number of nitrogens with one attached hydrogen (secondary N) is 1. The lowest BCUT2D eigenvalue weighted by atomic mass is 10.1. The Hall–Kier alpha value is -3.02. The number of esters is 1. The van der Waals surface area contributed by atoms with Crippen LogP contribution >= 0.6 is 0 Å². The van der Waals surface area contributed by atoms with E-state index in [9.17, 15) is 9.59 Å². The second-order valence-electron chi connectivity index (χ2n) is 6.81. The average Bonchev–Trinajstić information content (AvgIpc) is 3.16. The van der Waals surface area contributed by atoms with Crippen LogP contribution in [-0.4, -0.2) is 32.2 Å². The maximum absolute atomic E-state index is 12.4. The van der Waals surface area contributed by atoms with E-state index < -0.39 is 12.1 Å². The van der Waals surface area contributed by atoms with Crippen molar-refractivity contribution in [2.75, 3.05) is 19.5 Å².